The first kappa shape index (κ1) is 17.7. The summed E-state index contributed by atoms with van der Waals surface area (Å²) in [5.74, 6) is 1.31. The molecule has 2 heterocycles. The van der Waals surface area contributed by atoms with Crippen LogP contribution < -0.4 is 0 Å². The van der Waals surface area contributed by atoms with Crippen molar-refractivity contribution in [1.82, 2.24) is 0 Å². The highest BCUT2D eigenvalue weighted by atomic mass is 16.5. The predicted octanol–water partition coefficient (Wildman–Crippen LogP) is 2.07. The Hall–Kier alpha value is -1.14. The van der Waals surface area contributed by atoms with Crippen LogP contribution in [0.15, 0.2) is 9.98 Å². The lowest BCUT2D eigenvalue weighted by Crippen LogP contribution is -2.41. The molecule has 3 aliphatic rings. The molecular formula is C18H30N2O4. The first-order chi connectivity index (χ1) is 11.1. The standard InChI is InChI=1S/C18H30N2O4/c1-16(2,21)12-10-23-14(19-12)18(8-6-5-7-9-18)15-20-13(11-24-15)17(3,4)22/h12-13,21-22H,5-11H2,1-4H3/t12-,13-/m1/s1. The van der Waals surface area contributed by atoms with Crippen molar-refractivity contribution >= 4 is 11.8 Å². The fourth-order valence-corrected chi connectivity index (χ4v) is 3.67. The topological polar surface area (TPSA) is 83.6 Å². The molecule has 136 valence electrons. The summed E-state index contributed by atoms with van der Waals surface area (Å²) in [4.78, 5) is 9.42. The third-order valence-corrected chi connectivity index (χ3v) is 5.46. The molecule has 0 radical (unpaired) electrons. The fraction of sp³-hybridized carbons (Fsp3) is 0.889. The van der Waals surface area contributed by atoms with Crippen molar-refractivity contribution in [2.24, 2.45) is 15.4 Å². The van der Waals surface area contributed by atoms with Gasteiger partial charge in [-0.3, -0.25) is 0 Å². The van der Waals surface area contributed by atoms with E-state index < -0.39 is 16.6 Å². The van der Waals surface area contributed by atoms with Gasteiger partial charge in [-0.25, -0.2) is 9.98 Å². The summed E-state index contributed by atoms with van der Waals surface area (Å²) >= 11 is 0. The maximum absolute atomic E-state index is 10.2. The van der Waals surface area contributed by atoms with Crippen LogP contribution in [0.4, 0.5) is 0 Å². The van der Waals surface area contributed by atoms with E-state index in [4.69, 9.17) is 19.5 Å². The molecule has 1 saturated carbocycles. The number of ether oxygens (including phenoxy) is 2. The number of hydrogen-bond acceptors (Lipinski definition) is 6. The van der Waals surface area contributed by atoms with Crippen LogP contribution >= 0.6 is 0 Å². The van der Waals surface area contributed by atoms with Crippen molar-refractivity contribution in [2.45, 2.75) is 83.1 Å². The Balaban J connectivity index is 1.93. The van der Waals surface area contributed by atoms with Gasteiger partial charge in [-0.15, -0.1) is 0 Å². The van der Waals surface area contributed by atoms with Crippen LogP contribution in [0.5, 0.6) is 0 Å². The van der Waals surface area contributed by atoms with Crippen molar-refractivity contribution in [2.75, 3.05) is 13.2 Å². The molecule has 3 rings (SSSR count). The highest BCUT2D eigenvalue weighted by molar-refractivity contribution is 6.06. The van der Waals surface area contributed by atoms with Gasteiger partial charge in [0.15, 0.2) is 11.8 Å². The van der Waals surface area contributed by atoms with Crippen molar-refractivity contribution in [3.05, 3.63) is 0 Å². The monoisotopic (exact) mass is 338 g/mol. The molecule has 0 bridgehead atoms. The third-order valence-electron chi connectivity index (χ3n) is 5.46. The molecule has 0 saturated heterocycles. The summed E-state index contributed by atoms with van der Waals surface area (Å²) in [5.41, 5.74) is -2.25. The Kier molecular flexibility index (Phi) is 4.41. The third kappa shape index (κ3) is 3.18. The van der Waals surface area contributed by atoms with Gasteiger partial charge in [-0.2, -0.15) is 0 Å². The molecule has 0 amide bonds. The molecule has 2 N–H and O–H groups in total. The predicted molar refractivity (Wildman–Crippen MR) is 92.5 cm³/mol. The fourth-order valence-electron chi connectivity index (χ4n) is 3.67. The summed E-state index contributed by atoms with van der Waals surface area (Å²) in [5, 5.41) is 20.5. The molecule has 2 aliphatic heterocycles. The van der Waals surface area contributed by atoms with E-state index in [9.17, 15) is 10.2 Å². The molecular weight excluding hydrogens is 308 g/mol. The van der Waals surface area contributed by atoms with E-state index in [1.165, 1.54) is 6.42 Å². The molecule has 1 aliphatic carbocycles. The van der Waals surface area contributed by atoms with Gasteiger partial charge < -0.3 is 19.7 Å². The molecule has 0 aromatic carbocycles. The zero-order valence-electron chi connectivity index (χ0n) is 15.2. The maximum atomic E-state index is 10.2. The van der Waals surface area contributed by atoms with E-state index in [2.05, 4.69) is 0 Å². The minimum atomic E-state index is -0.911. The summed E-state index contributed by atoms with van der Waals surface area (Å²) < 4.78 is 11.9. The van der Waals surface area contributed by atoms with Gasteiger partial charge in [0, 0.05) is 0 Å². The average Bonchev–Trinajstić information content (AvgIpc) is 3.17. The van der Waals surface area contributed by atoms with E-state index in [1.54, 1.807) is 27.7 Å². The first-order valence-electron chi connectivity index (χ1n) is 9.00. The molecule has 24 heavy (non-hydrogen) atoms. The summed E-state index contributed by atoms with van der Waals surface area (Å²) in [7, 11) is 0. The van der Waals surface area contributed by atoms with E-state index in [0.717, 1.165) is 25.7 Å². The van der Waals surface area contributed by atoms with Gasteiger partial charge >= 0.3 is 0 Å². The van der Waals surface area contributed by atoms with Crippen LogP contribution in [0.25, 0.3) is 0 Å². The van der Waals surface area contributed by atoms with Crippen molar-refractivity contribution < 1.29 is 19.7 Å². The van der Waals surface area contributed by atoms with Crippen molar-refractivity contribution in [3.8, 4) is 0 Å². The summed E-state index contributed by atoms with van der Waals surface area (Å²) in [6, 6.07) is -0.531. The lowest BCUT2D eigenvalue weighted by molar-refractivity contribution is 0.0428. The summed E-state index contributed by atoms with van der Waals surface area (Å²) in [6.07, 6.45) is 5.12. The highest BCUT2D eigenvalue weighted by Crippen LogP contribution is 2.43. The zero-order valence-corrected chi connectivity index (χ0v) is 15.2. The SMILES string of the molecule is CC(C)(O)[C@H]1COC(C2(C3=N[C@@H](C(C)(C)O)CO3)CCCCC2)=N1. The molecule has 2 atom stereocenters. The molecule has 1 fully saturated rings. The maximum Gasteiger partial charge on any atom is 0.199 e. The quantitative estimate of drug-likeness (QED) is 0.822. The second kappa shape index (κ2) is 5.99. The van der Waals surface area contributed by atoms with E-state index in [-0.39, 0.29) is 12.1 Å². The molecule has 0 aromatic rings. The van der Waals surface area contributed by atoms with Crippen molar-refractivity contribution in [1.29, 1.82) is 0 Å². The normalized spacial score (nSPS) is 30.4. The van der Waals surface area contributed by atoms with Crippen LogP contribution in [0.2, 0.25) is 0 Å². The zero-order chi connectivity index (χ0) is 17.6. The number of aliphatic imine (C=N–C) groups is 2. The molecule has 0 unspecified atom stereocenters. The first-order valence-corrected chi connectivity index (χ1v) is 9.00. The van der Waals surface area contributed by atoms with Gasteiger partial charge in [0.25, 0.3) is 0 Å². The Morgan fingerprint density at radius 1 is 0.833 bits per heavy atom. The molecule has 0 aromatic heterocycles. The number of hydrogen-bond donors (Lipinski definition) is 2. The number of nitrogens with zero attached hydrogens (tertiary/aromatic N) is 2. The minimum absolute atomic E-state index is 0.265. The lowest BCUT2D eigenvalue weighted by atomic mass is 9.73. The number of rotatable bonds is 4. The molecule has 6 heteroatoms. The Labute approximate surface area is 144 Å². The Morgan fingerprint density at radius 2 is 1.25 bits per heavy atom. The van der Waals surface area contributed by atoms with E-state index in [0.29, 0.717) is 25.0 Å². The smallest absolute Gasteiger partial charge is 0.199 e. The van der Waals surface area contributed by atoms with E-state index >= 15 is 0 Å². The second-order valence-corrected chi connectivity index (χ2v) is 8.47. The minimum Gasteiger partial charge on any atom is -0.478 e. The van der Waals surface area contributed by atoms with Gasteiger partial charge in [0.1, 0.15) is 30.7 Å². The van der Waals surface area contributed by atoms with Gasteiger partial charge in [-0.1, -0.05) is 19.3 Å². The second-order valence-electron chi connectivity index (χ2n) is 8.47. The van der Waals surface area contributed by atoms with E-state index in [1.807, 2.05) is 0 Å². The number of aliphatic hydroxyl groups is 2. The Morgan fingerprint density at radius 3 is 1.58 bits per heavy atom. The molecule has 0 spiro atoms. The highest BCUT2D eigenvalue weighted by Gasteiger charge is 2.51. The summed E-state index contributed by atoms with van der Waals surface area (Å²) in [6.45, 7) is 7.82. The van der Waals surface area contributed by atoms with Crippen LogP contribution in [0, 0.1) is 5.41 Å². The van der Waals surface area contributed by atoms with Gasteiger partial charge in [0.2, 0.25) is 0 Å². The van der Waals surface area contributed by atoms with Gasteiger partial charge in [0.05, 0.1) is 11.2 Å². The van der Waals surface area contributed by atoms with Crippen LogP contribution in [-0.4, -0.2) is 58.5 Å². The largest absolute Gasteiger partial charge is 0.478 e. The average molecular weight is 338 g/mol. The van der Waals surface area contributed by atoms with Crippen LogP contribution in [0.1, 0.15) is 59.8 Å². The van der Waals surface area contributed by atoms with Crippen molar-refractivity contribution in [3.63, 3.8) is 0 Å². The lowest BCUT2D eigenvalue weighted by Gasteiger charge is -2.35. The van der Waals surface area contributed by atoms with Crippen LogP contribution in [0.3, 0.4) is 0 Å². The van der Waals surface area contributed by atoms with Gasteiger partial charge in [-0.05, 0) is 40.5 Å². The molecule has 6 nitrogen and oxygen atoms in total. The Bertz CT molecular complexity index is 494. The van der Waals surface area contributed by atoms with Crippen LogP contribution in [-0.2, 0) is 9.47 Å².